The molecule has 1 heterocycles. The maximum atomic E-state index is 12.2. The van der Waals surface area contributed by atoms with Crippen LogP contribution in [0.25, 0.3) is 0 Å². The second-order valence-corrected chi connectivity index (χ2v) is 5.45. The van der Waals surface area contributed by atoms with E-state index in [1.54, 1.807) is 4.90 Å². The molecule has 1 N–H and O–H groups in total. The van der Waals surface area contributed by atoms with Crippen LogP contribution in [-0.2, 0) is 9.59 Å². The fourth-order valence-electron chi connectivity index (χ4n) is 3.44. The first-order valence-corrected chi connectivity index (χ1v) is 6.20. The lowest BCUT2D eigenvalue weighted by Crippen LogP contribution is -2.43. The lowest BCUT2D eigenvalue weighted by Gasteiger charge is -2.25. The van der Waals surface area contributed by atoms with Crippen molar-refractivity contribution < 1.29 is 14.7 Å². The van der Waals surface area contributed by atoms with Gasteiger partial charge in [0.2, 0.25) is 5.91 Å². The molecule has 3 rings (SSSR count). The van der Waals surface area contributed by atoms with Crippen LogP contribution in [-0.4, -0.2) is 34.5 Å². The molecule has 1 amide bonds. The van der Waals surface area contributed by atoms with E-state index in [1.807, 2.05) is 0 Å². The quantitative estimate of drug-likeness (QED) is 0.763. The molecule has 0 aromatic heterocycles. The zero-order valence-corrected chi connectivity index (χ0v) is 9.26. The van der Waals surface area contributed by atoms with Crippen LogP contribution in [0.5, 0.6) is 0 Å². The number of rotatable bonds is 2. The van der Waals surface area contributed by atoms with Crippen molar-refractivity contribution in [2.75, 3.05) is 6.54 Å². The average Bonchev–Trinajstić information content (AvgIpc) is 2.72. The van der Waals surface area contributed by atoms with Gasteiger partial charge in [-0.1, -0.05) is 0 Å². The van der Waals surface area contributed by atoms with Gasteiger partial charge >= 0.3 is 5.97 Å². The van der Waals surface area contributed by atoms with Crippen molar-refractivity contribution in [3.63, 3.8) is 0 Å². The minimum Gasteiger partial charge on any atom is -0.480 e. The molecule has 3 fully saturated rings. The normalized spacial score (nSPS) is 40.9. The summed E-state index contributed by atoms with van der Waals surface area (Å²) in [6.07, 6.45) is 4.77. The number of carboxylic acids is 1. The van der Waals surface area contributed by atoms with Crippen LogP contribution < -0.4 is 0 Å². The number of likely N-dealkylation sites (tertiary alicyclic amines) is 1. The Morgan fingerprint density at radius 3 is 2.44 bits per heavy atom. The van der Waals surface area contributed by atoms with Crippen LogP contribution in [0.3, 0.4) is 0 Å². The van der Waals surface area contributed by atoms with Crippen LogP contribution in [0.4, 0.5) is 0 Å². The maximum Gasteiger partial charge on any atom is 0.326 e. The first-order valence-electron chi connectivity index (χ1n) is 6.20. The molecule has 0 spiro atoms. The predicted octanol–water partition coefficient (Wildman–Crippen LogP) is 1.11. The predicted molar refractivity (Wildman–Crippen MR) is 56.7 cm³/mol. The van der Waals surface area contributed by atoms with E-state index in [4.69, 9.17) is 5.11 Å². The van der Waals surface area contributed by atoms with Gasteiger partial charge in [-0.3, -0.25) is 4.79 Å². The molecule has 1 aliphatic heterocycles. The van der Waals surface area contributed by atoms with Gasteiger partial charge in [-0.15, -0.1) is 0 Å². The first kappa shape index (κ1) is 10.1. The molecule has 16 heavy (non-hydrogen) atoms. The molecule has 2 aliphatic carbocycles. The Balaban J connectivity index is 1.67. The summed E-state index contributed by atoms with van der Waals surface area (Å²) in [6, 6.07) is -0.551. The standard InChI is InChI=1S/C12H17NO3/c14-11(9-5-7-4-8(7)6-9)13-3-1-2-10(13)12(15)16/h7-10H,1-6H2,(H,15,16)/t7?,8?,9?,10-/m1/s1. The minimum absolute atomic E-state index is 0.108. The number of aliphatic carboxylic acids is 1. The topological polar surface area (TPSA) is 57.6 Å². The van der Waals surface area contributed by atoms with Gasteiger partial charge in [0.1, 0.15) is 6.04 Å². The summed E-state index contributed by atoms with van der Waals surface area (Å²) in [5.74, 6) is 0.953. The number of carboxylic acid groups (broad SMARTS) is 1. The van der Waals surface area contributed by atoms with Gasteiger partial charge in [0.15, 0.2) is 0 Å². The molecule has 0 aromatic rings. The molecule has 2 unspecified atom stereocenters. The lowest BCUT2D eigenvalue weighted by molar-refractivity contribution is -0.150. The zero-order chi connectivity index (χ0) is 11.3. The highest BCUT2D eigenvalue weighted by atomic mass is 16.4. The highest BCUT2D eigenvalue weighted by Crippen LogP contribution is 2.54. The molecule has 4 heteroatoms. The maximum absolute atomic E-state index is 12.2. The third kappa shape index (κ3) is 1.51. The van der Waals surface area contributed by atoms with E-state index in [9.17, 15) is 9.59 Å². The number of amides is 1. The molecule has 3 atom stereocenters. The Bertz CT molecular complexity index is 331. The Labute approximate surface area is 94.6 Å². The van der Waals surface area contributed by atoms with Crippen molar-refractivity contribution in [2.24, 2.45) is 17.8 Å². The van der Waals surface area contributed by atoms with E-state index in [0.29, 0.717) is 13.0 Å². The summed E-state index contributed by atoms with van der Waals surface area (Å²) in [7, 11) is 0. The second-order valence-electron chi connectivity index (χ2n) is 5.45. The van der Waals surface area contributed by atoms with Gasteiger partial charge in [0.05, 0.1) is 0 Å². The van der Waals surface area contributed by atoms with Crippen LogP contribution >= 0.6 is 0 Å². The molecule has 1 saturated heterocycles. The highest BCUT2D eigenvalue weighted by Gasteiger charge is 2.50. The molecule has 0 radical (unpaired) electrons. The number of carbonyl (C=O) groups excluding carboxylic acids is 1. The largest absolute Gasteiger partial charge is 0.480 e. The Morgan fingerprint density at radius 2 is 1.81 bits per heavy atom. The van der Waals surface area contributed by atoms with Gasteiger partial charge < -0.3 is 10.0 Å². The van der Waals surface area contributed by atoms with Crippen molar-refractivity contribution >= 4 is 11.9 Å². The summed E-state index contributed by atoms with van der Waals surface area (Å²) >= 11 is 0. The zero-order valence-electron chi connectivity index (χ0n) is 9.26. The highest BCUT2D eigenvalue weighted by molar-refractivity contribution is 5.86. The van der Waals surface area contributed by atoms with Crippen molar-refractivity contribution in [1.82, 2.24) is 4.90 Å². The molecule has 3 aliphatic rings. The van der Waals surface area contributed by atoms with Crippen LogP contribution in [0.2, 0.25) is 0 Å². The van der Waals surface area contributed by atoms with Gasteiger partial charge in [-0.05, 0) is 43.9 Å². The molecule has 4 nitrogen and oxygen atoms in total. The molecule has 0 aromatic carbocycles. The summed E-state index contributed by atoms with van der Waals surface area (Å²) in [5.41, 5.74) is 0. The van der Waals surface area contributed by atoms with Crippen molar-refractivity contribution in [1.29, 1.82) is 0 Å². The minimum atomic E-state index is -0.839. The van der Waals surface area contributed by atoms with E-state index in [-0.39, 0.29) is 11.8 Å². The van der Waals surface area contributed by atoms with E-state index in [1.165, 1.54) is 6.42 Å². The summed E-state index contributed by atoms with van der Waals surface area (Å²) in [5, 5.41) is 9.04. The molecule has 88 valence electrons. The van der Waals surface area contributed by atoms with Crippen LogP contribution in [0.15, 0.2) is 0 Å². The fraction of sp³-hybridized carbons (Fsp3) is 0.833. The average molecular weight is 223 g/mol. The SMILES string of the molecule is O=C(O)[C@H]1CCCN1C(=O)C1CC2CC2C1. The van der Waals surface area contributed by atoms with Gasteiger partial charge in [0.25, 0.3) is 0 Å². The Kier molecular flexibility index (Phi) is 2.19. The van der Waals surface area contributed by atoms with E-state index < -0.39 is 12.0 Å². The van der Waals surface area contributed by atoms with Gasteiger partial charge in [-0.25, -0.2) is 4.79 Å². The Hall–Kier alpha value is -1.06. The van der Waals surface area contributed by atoms with E-state index >= 15 is 0 Å². The number of hydrogen-bond acceptors (Lipinski definition) is 2. The third-order valence-corrected chi connectivity index (χ3v) is 4.41. The molecular formula is C12H17NO3. The van der Waals surface area contributed by atoms with Crippen molar-refractivity contribution in [2.45, 2.75) is 38.1 Å². The monoisotopic (exact) mass is 223 g/mol. The van der Waals surface area contributed by atoms with Gasteiger partial charge in [-0.2, -0.15) is 0 Å². The Morgan fingerprint density at radius 1 is 1.12 bits per heavy atom. The molecule has 2 saturated carbocycles. The van der Waals surface area contributed by atoms with E-state index in [2.05, 4.69) is 0 Å². The first-order chi connectivity index (χ1) is 7.66. The second kappa shape index (κ2) is 3.47. The molecular weight excluding hydrogens is 206 g/mol. The summed E-state index contributed by atoms with van der Waals surface area (Å²) in [4.78, 5) is 24.8. The fourth-order valence-corrected chi connectivity index (χ4v) is 3.44. The number of hydrogen-bond donors (Lipinski definition) is 1. The summed E-state index contributed by atoms with van der Waals surface area (Å²) < 4.78 is 0. The van der Waals surface area contributed by atoms with E-state index in [0.717, 1.165) is 31.1 Å². The van der Waals surface area contributed by atoms with Crippen LogP contribution in [0, 0.1) is 17.8 Å². The lowest BCUT2D eigenvalue weighted by atomic mass is 10.0. The third-order valence-electron chi connectivity index (χ3n) is 4.41. The van der Waals surface area contributed by atoms with Crippen molar-refractivity contribution in [3.05, 3.63) is 0 Å². The van der Waals surface area contributed by atoms with Gasteiger partial charge in [0, 0.05) is 12.5 Å². The number of nitrogens with zero attached hydrogens (tertiary/aromatic N) is 1. The number of fused-ring (bicyclic) bond motifs is 1. The van der Waals surface area contributed by atoms with Crippen molar-refractivity contribution in [3.8, 4) is 0 Å². The van der Waals surface area contributed by atoms with Crippen LogP contribution in [0.1, 0.15) is 32.1 Å². The summed E-state index contributed by atoms with van der Waals surface area (Å²) in [6.45, 7) is 0.641. The smallest absolute Gasteiger partial charge is 0.326 e. The number of carbonyl (C=O) groups is 2. The molecule has 0 bridgehead atoms.